The van der Waals surface area contributed by atoms with Crippen LogP contribution < -0.4 is 0 Å². The molecule has 1 aliphatic carbocycles. The molecule has 3 aromatic carbocycles. The molecule has 1 aliphatic heterocycles. The number of aliphatic hydroxyl groups is 1. The second-order valence-electron chi connectivity index (χ2n) is 11.8. The van der Waals surface area contributed by atoms with E-state index in [2.05, 4.69) is 16.2 Å². The smallest absolute Gasteiger partial charge is 0.262 e. The van der Waals surface area contributed by atoms with Crippen molar-refractivity contribution < 1.29 is 14.7 Å². The second kappa shape index (κ2) is 9.14. The molecule has 6 aromatic rings. The minimum Gasteiger partial charge on any atom is -0.390 e. The number of imide groups is 1. The lowest BCUT2D eigenvalue weighted by Crippen LogP contribution is -2.63. The molecule has 9 heteroatoms. The topological polar surface area (TPSA) is 124 Å². The molecular formula is C35H24N6O3. The van der Waals surface area contributed by atoms with Crippen molar-refractivity contribution in [2.45, 2.75) is 30.9 Å². The standard InChI is InChI=1S/C35H24N6O3/c1-34(44)19-35(20-34,40-32(42)26-9-5-6-10-27(26)33(40)43)25-13-11-22(12-14-25)29-28(21-7-3-2-4-8-21)15-23-17-37-30-24(16-36)18-38-41(30)31(23)39-29/h2-15,17-18,44H,19-20H2,1H3/t34-,35-. The van der Waals surface area contributed by atoms with Crippen LogP contribution in [-0.2, 0) is 5.54 Å². The molecule has 0 radical (unpaired) electrons. The number of pyridine rings is 1. The van der Waals surface area contributed by atoms with Crippen molar-refractivity contribution in [2.75, 3.05) is 0 Å². The van der Waals surface area contributed by atoms with Gasteiger partial charge in [0.1, 0.15) is 11.6 Å². The second-order valence-corrected chi connectivity index (χ2v) is 11.8. The summed E-state index contributed by atoms with van der Waals surface area (Å²) in [5.74, 6) is -0.692. The molecule has 1 saturated carbocycles. The third-order valence-electron chi connectivity index (χ3n) is 8.77. The summed E-state index contributed by atoms with van der Waals surface area (Å²) in [4.78, 5) is 38.0. The quantitative estimate of drug-likeness (QED) is 0.274. The lowest BCUT2D eigenvalue weighted by molar-refractivity contribution is -0.118. The first kappa shape index (κ1) is 25.9. The van der Waals surface area contributed by atoms with Crippen LogP contribution in [0.3, 0.4) is 0 Å². The molecule has 3 aromatic heterocycles. The van der Waals surface area contributed by atoms with Gasteiger partial charge in [0.2, 0.25) is 0 Å². The highest BCUT2D eigenvalue weighted by atomic mass is 16.3. The highest BCUT2D eigenvalue weighted by Gasteiger charge is 2.60. The van der Waals surface area contributed by atoms with E-state index >= 15 is 0 Å². The molecule has 2 amide bonds. The Morgan fingerprint density at radius 3 is 2.11 bits per heavy atom. The molecule has 0 saturated heterocycles. The number of amides is 2. The van der Waals surface area contributed by atoms with Crippen LogP contribution >= 0.6 is 0 Å². The maximum absolute atomic E-state index is 13.6. The Bertz CT molecular complexity index is 2170. The number of aromatic nitrogens is 4. The van der Waals surface area contributed by atoms with Gasteiger partial charge in [-0.25, -0.2) is 9.97 Å². The Kier molecular flexibility index (Phi) is 5.39. The van der Waals surface area contributed by atoms with Gasteiger partial charge >= 0.3 is 0 Å². The van der Waals surface area contributed by atoms with Gasteiger partial charge in [0, 0.05) is 35.6 Å². The summed E-state index contributed by atoms with van der Waals surface area (Å²) in [6.07, 6.45) is 3.66. The van der Waals surface area contributed by atoms with Crippen molar-refractivity contribution in [2.24, 2.45) is 0 Å². The van der Waals surface area contributed by atoms with Crippen LogP contribution in [0.1, 0.15) is 51.6 Å². The van der Waals surface area contributed by atoms with E-state index in [4.69, 9.17) is 4.98 Å². The Morgan fingerprint density at radius 2 is 1.48 bits per heavy atom. The zero-order chi connectivity index (χ0) is 30.2. The van der Waals surface area contributed by atoms with E-state index in [0.29, 0.717) is 33.7 Å². The van der Waals surface area contributed by atoms with Crippen molar-refractivity contribution in [3.63, 3.8) is 0 Å². The summed E-state index contributed by atoms with van der Waals surface area (Å²) >= 11 is 0. The van der Waals surface area contributed by atoms with Gasteiger partial charge in [-0.2, -0.15) is 14.9 Å². The summed E-state index contributed by atoms with van der Waals surface area (Å²) in [6.45, 7) is 1.73. The van der Waals surface area contributed by atoms with Gasteiger partial charge in [-0.1, -0.05) is 66.7 Å². The van der Waals surface area contributed by atoms with Crippen molar-refractivity contribution >= 4 is 28.5 Å². The van der Waals surface area contributed by atoms with Gasteiger partial charge in [0.15, 0.2) is 11.3 Å². The number of rotatable bonds is 4. The highest BCUT2D eigenvalue weighted by Crippen LogP contribution is 2.54. The summed E-state index contributed by atoms with van der Waals surface area (Å²) in [7, 11) is 0. The SMILES string of the molecule is C[C@]1(O)C[C@](c2ccc(-c3nc4c(cnc5c(C#N)cnn54)cc3-c3ccccc3)cc2)(N2C(=O)c3ccccc3C2=O)C1. The molecule has 4 heterocycles. The fraction of sp³-hybridized carbons (Fsp3) is 0.143. The molecule has 0 atom stereocenters. The maximum Gasteiger partial charge on any atom is 0.262 e. The van der Waals surface area contributed by atoms with Gasteiger partial charge < -0.3 is 5.11 Å². The number of hydrogen-bond donors (Lipinski definition) is 1. The molecule has 1 N–H and O–H groups in total. The largest absolute Gasteiger partial charge is 0.390 e. The van der Waals surface area contributed by atoms with Crippen LogP contribution in [0.15, 0.2) is 97.3 Å². The van der Waals surface area contributed by atoms with Crippen molar-refractivity contribution in [1.82, 2.24) is 24.5 Å². The van der Waals surface area contributed by atoms with Crippen LogP contribution in [0.4, 0.5) is 0 Å². The Hall–Kier alpha value is -5.72. The van der Waals surface area contributed by atoms with Gasteiger partial charge in [-0.3, -0.25) is 14.5 Å². The number of nitrogens with zero attached hydrogens (tertiary/aromatic N) is 6. The zero-order valence-electron chi connectivity index (χ0n) is 23.6. The monoisotopic (exact) mass is 576 g/mol. The van der Waals surface area contributed by atoms with E-state index in [9.17, 15) is 20.0 Å². The average molecular weight is 577 g/mol. The van der Waals surface area contributed by atoms with Crippen molar-refractivity contribution in [3.05, 3.63) is 120 Å². The maximum atomic E-state index is 13.6. The minimum atomic E-state index is -1.01. The molecular weight excluding hydrogens is 552 g/mol. The third kappa shape index (κ3) is 3.65. The average Bonchev–Trinajstić information content (AvgIpc) is 3.58. The fourth-order valence-corrected chi connectivity index (χ4v) is 6.89. The normalized spacial score (nSPS) is 21.0. The molecule has 0 unspecified atom stereocenters. The van der Waals surface area contributed by atoms with E-state index in [0.717, 1.165) is 27.6 Å². The van der Waals surface area contributed by atoms with Gasteiger partial charge in [-0.15, -0.1) is 0 Å². The Morgan fingerprint density at radius 1 is 0.818 bits per heavy atom. The lowest BCUT2D eigenvalue weighted by atomic mass is 9.61. The zero-order valence-corrected chi connectivity index (χ0v) is 23.6. The number of hydrogen-bond acceptors (Lipinski definition) is 7. The van der Waals surface area contributed by atoms with E-state index < -0.39 is 11.1 Å². The molecule has 2 aliphatic rings. The number of carbonyl (C=O) groups excluding carboxylic acids is 2. The van der Waals surface area contributed by atoms with E-state index in [1.807, 2.05) is 60.7 Å². The first-order valence-electron chi connectivity index (χ1n) is 14.2. The molecule has 0 spiro atoms. The first-order valence-corrected chi connectivity index (χ1v) is 14.2. The Labute approximate surface area is 251 Å². The van der Waals surface area contributed by atoms with Gasteiger partial charge in [0.05, 0.1) is 34.2 Å². The fourth-order valence-electron chi connectivity index (χ4n) is 6.89. The van der Waals surface area contributed by atoms with Crippen LogP contribution in [0.5, 0.6) is 0 Å². The predicted octanol–water partition coefficient (Wildman–Crippen LogP) is 5.52. The van der Waals surface area contributed by atoms with Crippen LogP contribution in [0.2, 0.25) is 0 Å². The van der Waals surface area contributed by atoms with Crippen LogP contribution in [0.25, 0.3) is 39.1 Å². The summed E-state index contributed by atoms with van der Waals surface area (Å²) < 4.78 is 1.58. The van der Waals surface area contributed by atoms with E-state index in [1.165, 1.54) is 11.1 Å². The minimum absolute atomic E-state index is 0.236. The number of fused-ring (bicyclic) bond motifs is 4. The van der Waals surface area contributed by atoms with Gasteiger partial charge in [-0.05, 0) is 36.2 Å². The summed E-state index contributed by atoms with van der Waals surface area (Å²) in [6, 6.07) is 28.6. The molecule has 212 valence electrons. The number of benzene rings is 3. The molecule has 8 rings (SSSR count). The van der Waals surface area contributed by atoms with Gasteiger partial charge in [0.25, 0.3) is 11.8 Å². The van der Waals surface area contributed by atoms with E-state index in [1.54, 1.807) is 41.9 Å². The van der Waals surface area contributed by atoms with E-state index in [-0.39, 0.29) is 24.7 Å². The first-order chi connectivity index (χ1) is 21.3. The summed E-state index contributed by atoms with van der Waals surface area (Å²) in [5.41, 5.74) is 4.27. The molecule has 0 bridgehead atoms. The molecule has 9 nitrogen and oxygen atoms in total. The van der Waals surface area contributed by atoms with Crippen molar-refractivity contribution in [1.29, 1.82) is 5.26 Å². The summed E-state index contributed by atoms with van der Waals surface area (Å²) in [5, 5.41) is 25.5. The number of nitriles is 1. The predicted molar refractivity (Wildman–Crippen MR) is 162 cm³/mol. The molecule has 1 fully saturated rings. The van der Waals surface area contributed by atoms with Crippen molar-refractivity contribution in [3.8, 4) is 28.5 Å². The van der Waals surface area contributed by atoms with Crippen LogP contribution in [-0.4, -0.2) is 47.0 Å². The lowest BCUT2D eigenvalue weighted by Gasteiger charge is -2.55. The highest BCUT2D eigenvalue weighted by molar-refractivity contribution is 6.22. The molecule has 44 heavy (non-hydrogen) atoms. The Balaban J connectivity index is 1.27. The number of carbonyl (C=O) groups is 2. The third-order valence-corrected chi connectivity index (χ3v) is 8.77. The van der Waals surface area contributed by atoms with Crippen LogP contribution in [0, 0.1) is 11.3 Å².